The van der Waals surface area contributed by atoms with E-state index < -0.39 is 6.10 Å². The first-order valence-corrected chi connectivity index (χ1v) is 6.83. The fourth-order valence-corrected chi connectivity index (χ4v) is 1.98. The molecule has 0 aliphatic heterocycles. The van der Waals surface area contributed by atoms with E-state index in [4.69, 9.17) is 10.5 Å². The number of anilines is 1. The molecule has 0 fully saturated rings. The van der Waals surface area contributed by atoms with Crippen LogP contribution in [0.25, 0.3) is 0 Å². The molecule has 0 aliphatic rings. The van der Waals surface area contributed by atoms with Crippen molar-refractivity contribution in [3.05, 3.63) is 59.7 Å². The van der Waals surface area contributed by atoms with Gasteiger partial charge in [-0.25, -0.2) is 0 Å². The number of nitrogens with two attached hydrogens (primary N) is 1. The van der Waals surface area contributed by atoms with E-state index in [1.54, 1.807) is 12.1 Å². The Morgan fingerprint density at radius 2 is 1.60 bits per heavy atom. The Hall–Kier alpha value is -2.00. The zero-order valence-electron chi connectivity index (χ0n) is 11.9. The summed E-state index contributed by atoms with van der Waals surface area (Å²) >= 11 is 0. The van der Waals surface area contributed by atoms with Gasteiger partial charge in [-0.05, 0) is 29.2 Å². The van der Waals surface area contributed by atoms with Gasteiger partial charge in [-0.1, -0.05) is 50.2 Å². The molecule has 0 saturated heterocycles. The van der Waals surface area contributed by atoms with Crippen molar-refractivity contribution in [1.29, 1.82) is 0 Å². The quantitative estimate of drug-likeness (QED) is 0.818. The minimum absolute atomic E-state index is 0.190. The van der Waals surface area contributed by atoms with Gasteiger partial charge >= 0.3 is 0 Å². The van der Waals surface area contributed by atoms with Gasteiger partial charge in [-0.3, -0.25) is 0 Å². The molecule has 3 nitrogen and oxygen atoms in total. The van der Waals surface area contributed by atoms with E-state index in [9.17, 15) is 5.11 Å². The third-order valence-corrected chi connectivity index (χ3v) is 3.30. The van der Waals surface area contributed by atoms with Crippen LogP contribution in [0.3, 0.4) is 0 Å². The Morgan fingerprint density at radius 3 is 2.20 bits per heavy atom. The van der Waals surface area contributed by atoms with Gasteiger partial charge in [0.2, 0.25) is 0 Å². The first-order chi connectivity index (χ1) is 9.58. The molecule has 0 spiro atoms. The summed E-state index contributed by atoms with van der Waals surface area (Å²) in [7, 11) is 0. The average molecular weight is 271 g/mol. The fourth-order valence-electron chi connectivity index (χ4n) is 1.98. The molecular weight excluding hydrogens is 250 g/mol. The predicted molar refractivity (Wildman–Crippen MR) is 81.8 cm³/mol. The highest BCUT2D eigenvalue weighted by molar-refractivity contribution is 5.51. The molecule has 3 heteroatoms. The van der Waals surface area contributed by atoms with Crippen LogP contribution in [-0.4, -0.2) is 11.7 Å². The first-order valence-electron chi connectivity index (χ1n) is 6.83. The number of para-hydroxylation sites is 2. The van der Waals surface area contributed by atoms with Gasteiger partial charge in [0.05, 0.1) is 5.69 Å². The minimum atomic E-state index is -0.657. The minimum Gasteiger partial charge on any atom is -0.488 e. The zero-order chi connectivity index (χ0) is 14.5. The molecule has 3 N–H and O–H groups in total. The third kappa shape index (κ3) is 3.52. The van der Waals surface area contributed by atoms with E-state index in [-0.39, 0.29) is 6.61 Å². The number of rotatable bonds is 5. The van der Waals surface area contributed by atoms with Crippen molar-refractivity contribution < 1.29 is 9.84 Å². The molecule has 0 heterocycles. The molecule has 2 rings (SSSR count). The van der Waals surface area contributed by atoms with Crippen LogP contribution in [0.1, 0.15) is 37.0 Å². The van der Waals surface area contributed by atoms with Crippen molar-refractivity contribution in [3.63, 3.8) is 0 Å². The van der Waals surface area contributed by atoms with Gasteiger partial charge in [0.1, 0.15) is 18.5 Å². The Morgan fingerprint density at radius 1 is 1.00 bits per heavy atom. The third-order valence-electron chi connectivity index (χ3n) is 3.30. The molecule has 0 aromatic heterocycles. The van der Waals surface area contributed by atoms with Crippen LogP contribution >= 0.6 is 0 Å². The number of nitrogen functional groups attached to an aromatic ring is 1. The molecule has 0 radical (unpaired) electrons. The van der Waals surface area contributed by atoms with Crippen LogP contribution in [0, 0.1) is 0 Å². The highest BCUT2D eigenvalue weighted by Crippen LogP contribution is 2.23. The Balaban J connectivity index is 1.98. The van der Waals surface area contributed by atoms with E-state index in [0.29, 0.717) is 17.4 Å². The lowest BCUT2D eigenvalue weighted by Crippen LogP contribution is -2.10. The van der Waals surface area contributed by atoms with E-state index in [1.165, 1.54) is 5.56 Å². The summed E-state index contributed by atoms with van der Waals surface area (Å²) in [6.07, 6.45) is -0.657. The fraction of sp³-hybridized carbons (Fsp3) is 0.294. The van der Waals surface area contributed by atoms with E-state index in [2.05, 4.69) is 13.8 Å². The van der Waals surface area contributed by atoms with E-state index in [0.717, 1.165) is 5.56 Å². The van der Waals surface area contributed by atoms with Crippen molar-refractivity contribution in [1.82, 2.24) is 0 Å². The number of benzene rings is 2. The second kappa shape index (κ2) is 6.44. The summed E-state index contributed by atoms with van der Waals surface area (Å²) in [4.78, 5) is 0. The van der Waals surface area contributed by atoms with E-state index >= 15 is 0 Å². The lowest BCUT2D eigenvalue weighted by atomic mass is 10.0. The molecule has 106 valence electrons. The lowest BCUT2D eigenvalue weighted by Gasteiger charge is -2.15. The predicted octanol–water partition coefficient (Wildman–Crippen LogP) is 3.50. The number of aliphatic hydroxyl groups is 1. The maximum Gasteiger partial charge on any atom is 0.142 e. The number of aliphatic hydroxyl groups excluding tert-OH is 1. The number of hydrogen-bond donors (Lipinski definition) is 2. The standard InChI is InChI=1S/C17H21NO2/c1-12(2)13-7-9-14(10-8-13)16(19)11-20-17-6-4-3-5-15(17)18/h3-10,12,16,19H,11,18H2,1-2H3. The average Bonchev–Trinajstić information content (AvgIpc) is 2.46. The second-order valence-corrected chi connectivity index (χ2v) is 5.19. The lowest BCUT2D eigenvalue weighted by molar-refractivity contribution is 0.108. The summed E-state index contributed by atoms with van der Waals surface area (Å²) < 4.78 is 5.56. The maximum atomic E-state index is 10.1. The second-order valence-electron chi connectivity index (χ2n) is 5.19. The smallest absolute Gasteiger partial charge is 0.142 e. The molecule has 0 saturated carbocycles. The summed E-state index contributed by atoms with van der Waals surface area (Å²) in [5, 5.41) is 10.1. The Labute approximate surface area is 120 Å². The Bertz CT molecular complexity index is 549. The highest BCUT2D eigenvalue weighted by Gasteiger charge is 2.10. The van der Waals surface area contributed by atoms with Crippen molar-refractivity contribution in [3.8, 4) is 5.75 Å². The monoisotopic (exact) mass is 271 g/mol. The van der Waals surface area contributed by atoms with Gasteiger partial charge in [0.25, 0.3) is 0 Å². The van der Waals surface area contributed by atoms with Gasteiger partial charge in [-0.2, -0.15) is 0 Å². The van der Waals surface area contributed by atoms with Gasteiger partial charge in [0, 0.05) is 0 Å². The molecule has 2 aromatic carbocycles. The maximum absolute atomic E-state index is 10.1. The van der Waals surface area contributed by atoms with Crippen molar-refractivity contribution in [2.75, 3.05) is 12.3 Å². The molecule has 0 amide bonds. The van der Waals surface area contributed by atoms with Crippen molar-refractivity contribution in [2.45, 2.75) is 25.9 Å². The molecule has 0 aliphatic carbocycles. The van der Waals surface area contributed by atoms with Crippen LogP contribution in [-0.2, 0) is 0 Å². The molecule has 1 unspecified atom stereocenters. The SMILES string of the molecule is CC(C)c1ccc(C(O)COc2ccccc2N)cc1. The van der Waals surface area contributed by atoms with Crippen LogP contribution in [0.15, 0.2) is 48.5 Å². The summed E-state index contributed by atoms with van der Waals surface area (Å²) in [5.74, 6) is 1.09. The summed E-state index contributed by atoms with van der Waals surface area (Å²) in [5.41, 5.74) is 8.48. The van der Waals surface area contributed by atoms with Gasteiger partial charge in [0.15, 0.2) is 0 Å². The normalized spacial score (nSPS) is 12.4. The first kappa shape index (κ1) is 14.4. The van der Waals surface area contributed by atoms with Crippen LogP contribution < -0.4 is 10.5 Å². The van der Waals surface area contributed by atoms with Gasteiger partial charge in [-0.15, -0.1) is 0 Å². The summed E-state index contributed by atoms with van der Waals surface area (Å²) in [6, 6.07) is 15.2. The van der Waals surface area contributed by atoms with E-state index in [1.807, 2.05) is 36.4 Å². The van der Waals surface area contributed by atoms with Crippen LogP contribution in [0.2, 0.25) is 0 Å². The number of hydrogen-bond acceptors (Lipinski definition) is 3. The molecule has 20 heavy (non-hydrogen) atoms. The Kier molecular flexibility index (Phi) is 4.64. The highest BCUT2D eigenvalue weighted by atomic mass is 16.5. The van der Waals surface area contributed by atoms with Crippen molar-refractivity contribution >= 4 is 5.69 Å². The summed E-state index contributed by atoms with van der Waals surface area (Å²) in [6.45, 7) is 4.48. The molecule has 1 atom stereocenters. The van der Waals surface area contributed by atoms with Crippen molar-refractivity contribution in [2.24, 2.45) is 0 Å². The number of ether oxygens (including phenoxy) is 1. The van der Waals surface area contributed by atoms with Gasteiger partial charge < -0.3 is 15.6 Å². The zero-order valence-corrected chi connectivity index (χ0v) is 11.9. The molecule has 0 bridgehead atoms. The topological polar surface area (TPSA) is 55.5 Å². The largest absolute Gasteiger partial charge is 0.488 e. The molecule has 2 aromatic rings. The molecular formula is C17H21NO2. The van der Waals surface area contributed by atoms with Crippen LogP contribution in [0.4, 0.5) is 5.69 Å². The van der Waals surface area contributed by atoms with Crippen LogP contribution in [0.5, 0.6) is 5.75 Å².